The van der Waals surface area contributed by atoms with Crippen molar-refractivity contribution in [2.75, 3.05) is 12.4 Å². The largest absolute Gasteiger partial charge is 0.388 e. The smallest absolute Gasteiger partial charge is 0.0746 e. The highest BCUT2D eigenvalue weighted by atomic mass is 14.8. The number of nitrogens with one attached hydrogen (secondary N) is 1. The van der Waals surface area contributed by atoms with Crippen LogP contribution in [0.5, 0.6) is 0 Å². The van der Waals surface area contributed by atoms with E-state index in [2.05, 4.69) is 72.3 Å². The second-order valence-corrected chi connectivity index (χ2v) is 7.69. The third-order valence-electron chi connectivity index (χ3n) is 5.46. The number of aryl methyl sites for hydroxylation is 1. The van der Waals surface area contributed by atoms with Gasteiger partial charge in [-0.1, -0.05) is 61.9 Å². The molecule has 0 bridgehead atoms. The Morgan fingerprint density at radius 2 is 1.77 bits per heavy atom. The molecule has 0 spiro atoms. The molecule has 30 heavy (non-hydrogen) atoms. The molecule has 0 aliphatic carbocycles. The molecule has 4 aromatic rings. The minimum Gasteiger partial charge on any atom is -0.388 e. The van der Waals surface area contributed by atoms with Gasteiger partial charge in [-0.2, -0.15) is 0 Å². The van der Waals surface area contributed by atoms with Gasteiger partial charge in [0, 0.05) is 36.1 Å². The molecule has 1 N–H and O–H groups in total. The molecule has 2 aromatic heterocycles. The topological polar surface area (TPSA) is 37.8 Å². The van der Waals surface area contributed by atoms with Crippen molar-refractivity contribution in [3.63, 3.8) is 0 Å². The fraction of sp³-hybridized carbons (Fsp3) is 0.185. The third-order valence-corrected chi connectivity index (χ3v) is 5.46. The van der Waals surface area contributed by atoms with Gasteiger partial charge in [-0.05, 0) is 53.8 Å². The number of hydrogen-bond acceptors (Lipinski definition) is 3. The molecule has 2 heterocycles. The Bertz CT molecular complexity index is 1210. The summed E-state index contributed by atoms with van der Waals surface area (Å²) in [6.45, 7) is 8.39. The van der Waals surface area contributed by atoms with Gasteiger partial charge in [0.25, 0.3) is 0 Å². The second kappa shape index (κ2) is 8.50. The van der Waals surface area contributed by atoms with E-state index in [0.29, 0.717) is 0 Å². The van der Waals surface area contributed by atoms with Crippen molar-refractivity contribution in [1.29, 1.82) is 0 Å². The van der Waals surface area contributed by atoms with Gasteiger partial charge in [-0.25, -0.2) is 4.98 Å². The minimum atomic E-state index is 0.929. The van der Waals surface area contributed by atoms with Crippen molar-refractivity contribution in [3.8, 4) is 22.4 Å². The second-order valence-electron chi connectivity index (χ2n) is 7.69. The first-order valence-electron chi connectivity index (χ1n) is 10.4. The average molecular weight is 394 g/mol. The predicted molar refractivity (Wildman–Crippen MR) is 129 cm³/mol. The first-order valence-corrected chi connectivity index (χ1v) is 10.4. The zero-order valence-electron chi connectivity index (χ0n) is 17.9. The lowest BCUT2D eigenvalue weighted by atomic mass is 9.97. The van der Waals surface area contributed by atoms with Crippen molar-refractivity contribution in [2.24, 2.45) is 0 Å². The normalized spacial score (nSPS) is 10.9. The summed E-state index contributed by atoms with van der Waals surface area (Å²) in [5, 5.41) is 4.39. The van der Waals surface area contributed by atoms with Crippen LogP contribution in [-0.2, 0) is 6.42 Å². The van der Waals surface area contributed by atoms with E-state index < -0.39 is 0 Å². The lowest BCUT2D eigenvalue weighted by molar-refractivity contribution is 0.922. The maximum atomic E-state index is 4.91. The number of anilines is 1. The Kier molecular flexibility index (Phi) is 5.62. The van der Waals surface area contributed by atoms with Crippen molar-refractivity contribution in [3.05, 3.63) is 84.7 Å². The highest BCUT2D eigenvalue weighted by molar-refractivity contribution is 5.94. The molecule has 0 aliphatic heterocycles. The van der Waals surface area contributed by atoms with Crippen LogP contribution in [0, 0.1) is 0 Å². The van der Waals surface area contributed by atoms with Crippen molar-refractivity contribution in [1.82, 2.24) is 9.97 Å². The van der Waals surface area contributed by atoms with E-state index >= 15 is 0 Å². The molecule has 0 unspecified atom stereocenters. The summed E-state index contributed by atoms with van der Waals surface area (Å²) in [4.78, 5) is 9.17. The fourth-order valence-corrected chi connectivity index (χ4v) is 3.87. The standard InChI is InChI=1S/C27H27N3/c1-5-6-19-7-9-20(10-8-19)21-11-12-22(26(15-21)28-4)27-16-23(18(2)3)24-17-29-14-13-25(24)30-27/h7-17,28H,2,5-6H2,1,3-4H3. The quantitative estimate of drug-likeness (QED) is 0.383. The van der Waals surface area contributed by atoms with E-state index in [1.165, 1.54) is 23.1 Å². The minimum absolute atomic E-state index is 0.929. The summed E-state index contributed by atoms with van der Waals surface area (Å²) >= 11 is 0. The van der Waals surface area contributed by atoms with E-state index in [0.717, 1.165) is 45.4 Å². The molecule has 0 radical (unpaired) electrons. The molecule has 0 fully saturated rings. The summed E-state index contributed by atoms with van der Waals surface area (Å²) < 4.78 is 0. The molecule has 3 nitrogen and oxygen atoms in total. The molecular weight excluding hydrogens is 366 g/mol. The van der Waals surface area contributed by atoms with Crippen LogP contribution in [0.2, 0.25) is 0 Å². The van der Waals surface area contributed by atoms with Gasteiger partial charge in [0.15, 0.2) is 0 Å². The van der Waals surface area contributed by atoms with Crippen LogP contribution < -0.4 is 5.32 Å². The number of allylic oxidation sites excluding steroid dienone is 1. The predicted octanol–water partition coefficient (Wildman–Crippen LogP) is 6.99. The maximum absolute atomic E-state index is 4.91. The molecule has 0 saturated carbocycles. The van der Waals surface area contributed by atoms with E-state index in [1.54, 1.807) is 6.20 Å². The molecule has 0 amide bonds. The van der Waals surface area contributed by atoms with E-state index in [1.807, 2.05) is 26.2 Å². The first kappa shape index (κ1) is 19.8. The van der Waals surface area contributed by atoms with Crippen LogP contribution in [0.15, 0.2) is 73.6 Å². The SMILES string of the molecule is C=C(C)c1cc(-c2ccc(-c3ccc(CCC)cc3)cc2NC)nc2ccncc12. The first-order chi connectivity index (χ1) is 14.6. The zero-order valence-corrected chi connectivity index (χ0v) is 17.9. The number of aromatic nitrogens is 2. The van der Waals surface area contributed by atoms with Crippen LogP contribution in [0.3, 0.4) is 0 Å². The van der Waals surface area contributed by atoms with Gasteiger partial charge in [0.05, 0.1) is 11.2 Å². The summed E-state index contributed by atoms with van der Waals surface area (Å²) in [6.07, 6.45) is 5.93. The molecular formula is C27H27N3. The van der Waals surface area contributed by atoms with E-state index in [9.17, 15) is 0 Å². The van der Waals surface area contributed by atoms with Crippen LogP contribution in [0.4, 0.5) is 5.69 Å². The Hall–Kier alpha value is -3.46. The average Bonchev–Trinajstić information content (AvgIpc) is 2.78. The number of nitrogens with zero attached hydrogens (tertiary/aromatic N) is 2. The van der Waals surface area contributed by atoms with Gasteiger partial charge >= 0.3 is 0 Å². The fourth-order valence-electron chi connectivity index (χ4n) is 3.87. The summed E-state index contributed by atoms with van der Waals surface area (Å²) in [7, 11) is 1.96. The number of pyridine rings is 2. The Labute approximate surface area is 178 Å². The third kappa shape index (κ3) is 3.84. The van der Waals surface area contributed by atoms with Gasteiger partial charge < -0.3 is 5.32 Å². The molecule has 0 aliphatic rings. The van der Waals surface area contributed by atoms with Crippen LogP contribution in [0.1, 0.15) is 31.4 Å². The number of hydrogen-bond donors (Lipinski definition) is 1. The van der Waals surface area contributed by atoms with Crippen molar-refractivity contribution in [2.45, 2.75) is 26.7 Å². The highest BCUT2D eigenvalue weighted by Gasteiger charge is 2.12. The van der Waals surface area contributed by atoms with Crippen LogP contribution in [-0.4, -0.2) is 17.0 Å². The van der Waals surface area contributed by atoms with Gasteiger partial charge in [0.1, 0.15) is 0 Å². The molecule has 0 saturated heterocycles. The van der Waals surface area contributed by atoms with E-state index in [4.69, 9.17) is 4.98 Å². The Morgan fingerprint density at radius 3 is 2.47 bits per heavy atom. The summed E-state index contributed by atoms with van der Waals surface area (Å²) in [5.74, 6) is 0. The Balaban J connectivity index is 1.79. The number of benzene rings is 2. The molecule has 0 atom stereocenters. The summed E-state index contributed by atoms with van der Waals surface area (Å²) in [5.41, 5.74) is 9.87. The Morgan fingerprint density at radius 1 is 1.00 bits per heavy atom. The lowest BCUT2D eigenvalue weighted by Gasteiger charge is -2.14. The van der Waals surface area contributed by atoms with Gasteiger partial charge in [0.2, 0.25) is 0 Å². The maximum Gasteiger partial charge on any atom is 0.0746 e. The van der Waals surface area contributed by atoms with Gasteiger partial charge in [-0.3, -0.25) is 4.98 Å². The highest BCUT2D eigenvalue weighted by Crippen LogP contribution is 2.34. The van der Waals surface area contributed by atoms with Crippen LogP contribution in [0.25, 0.3) is 38.9 Å². The van der Waals surface area contributed by atoms with Gasteiger partial charge in [-0.15, -0.1) is 0 Å². The molecule has 3 heteroatoms. The molecule has 4 rings (SSSR count). The molecule has 2 aromatic carbocycles. The zero-order chi connectivity index (χ0) is 21.1. The summed E-state index contributed by atoms with van der Waals surface area (Å²) in [6, 6.07) is 19.5. The monoisotopic (exact) mass is 393 g/mol. The van der Waals surface area contributed by atoms with Crippen molar-refractivity contribution < 1.29 is 0 Å². The number of rotatable bonds is 6. The van der Waals surface area contributed by atoms with Crippen molar-refractivity contribution >= 4 is 22.2 Å². The van der Waals surface area contributed by atoms with Crippen LogP contribution >= 0.6 is 0 Å². The lowest BCUT2D eigenvalue weighted by Crippen LogP contribution is -1.97. The van der Waals surface area contributed by atoms with E-state index in [-0.39, 0.29) is 0 Å². The number of fused-ring (bicyclic) bond motifs is 1. The molecule has 150 valence electrons.